The highest BCUT2D eigenvalue weighted by molar-refractivity contribution is 5.19. The van der Waals surface area contributed by atoms with Crippen molar-refractivity contribution in [1.82, 2.24) is 15.5 Å². The molecule has 114 valence electrons. The van der Waals surface area contributed by atoms with Crippen LogP contribution in [0.15, 0.2) is 28.8 Å². The lowest BCUT2D eigenvalue weighted by atomic mass is 10.0. The zero-order valence-corrected chi connectivity index (χ0v) is 12.8. The average Bonchev–Trinajstić information content (AvgIpc) is 2.85. The Morgan fingerprint density at radius 1 is 1.33 bits per heavy atom. The van der Waals surface area contributed by atoms with E-state index in [-0.39, 0.29) is 5.82 Å². The highest BCUT2D eigenvalue weighted by Crippen LogP contribution is 2.12. The molecule has 0 spiro atoms. The van der Waals surface area contributed by atoms with Gasteiger partial charge in [-0.1, -0.05) is 38.1 Å². The maximum atomic E-state index is 13.1. The molecular weight excluding hydrogens is 269 g/mol. The molecule has 5 heteroatoms. The van der Waals surface area contributed by atoms with Crippen LogP contribution < -0.4 is 5.32 Å². The Bertz CT molecular complexity index is 568. The average molecular weight is 291 g/mol. The van der Waals surface area contributed by atoms with Crippen molar-refractivity contribution >= 4 is 0 Å². The van der Waals surface area contributed by atoms with E-state index < -0.39 is 0 Å². The SMILES string of the molecule is CCNC(Cc1nc(Cc2cccc(F)c2)no1)C(C)C. The lowest BCUT2D eigenvalue weighted by Crippen LogP contribution is -2.35. The van der Waals surface area contributed by atoms with Gasteiger partial charge in [0.2, 0.25) is 5.89 Å². The quantitative estimate of drug-likeness (QED) is 0.852. The fraction of sp³-hybridized carbons (Fsp3) is 0.500. The molecule has 0 saturated heterocycles. The Labute approximate surface area is 124 Å². The molecule has 0 fully saturated rings. The zero-order chi connectivity index (χ0) is 15.2. The van der Waals surface area contributed by atoms with Crippen molar-refractivity contribution in [3.63, 3.8) is 0 Å². The largest absolute Gasteiger partial charge is 0.339 e. The van der Waals surface area contributed by atoms with E-state index >= 15 is 0 Å². The number of hydrogen-bond donors (Lipinski definition) is 1. The van der Waals surface area contributed by atoms with Gasteiger partial charge >= 0.3 is 0 Å². The Kier molecular flexibility index (Phi) is 5.44. The van der Waals surface area contributed by atoms with Crippen LogP contribution in [-0.2, 0) is 12.8 Å². The molecule has 0 aliphatic heterocycles. The fourth-order valence-corrected chi connectivity index (χ4v) is 2.27. The van der Waals surface area contributed by atoms with E-state index in [0.29, 0.717) is 36.5 Å². The number of nitrogens with one attached hydrogen (secondary N) is 1. The van der Waals surface area contributed by atoms with E-state index in [1.54, 1.807) is 6.07 Å². The second kappa shape index (κ2) is 7.31. The summed E-state index contributed by atoms with van der Waals surface area (Å²) in [5.74, 6) is 1.46. The molecule has 1 unspecified atom stereocenters. The lowest BCUT2D eigenvalue weighted by molar-refractivity contribution is 0.327. The van der Waals surface area contributed by atoms with Crippen molar-refractivity contribution in [2.24, 2.45) is 5.92 Å². The van der Waals surface area contributed by atoms with Crippen LogP contribution in [0.5, 0.6) is 0 Å². The summed E-state index contributed by atoms with van der Waals surface area (Å²) in [6.45, 7) is 7.32. The van der Waals surface area contributed by atoms with Crippen LogP contribution in [0, 0.1) is 11.7 Å². The maximum Gasteiger partial charge on any atom is 0.228 e. The third-order valence-electron chi connectivity index (χ3n) is 3.43. The van der Waals surface area contributed by atoms with Crippen molar-refractivity contribution in [2.75, 3.05) is 6.54 Å². The van der Waals surface area contributed by atoms with Crippen molar-refractivity contribution in [2.45, 2.75) is 39.7 Å². The van der Waals surface area contributed by atoms with Crippen LogP contribution in [0.3, 0.4) is 0 Å². The highest BCUT2D eigenvalue weighted by Gasteiger charge is 2.17. The minimum atomic E-state index is -0.247. The third-order valence-corrected chi connectivity index (χ3v) is 3.43. The fourth-order valence-electron chi connectivity index (χ4n) is 2.27. The molecule has 0 amide bonds. The van der Waals surface area contributed by atoms with Crippen LogP contribution in [0.4, 0.5) is 4.39 Å². The van der Waals surface area contributed by atoms with Gasteiger partial charge in [-0.25, -0.2) is 4.39 Å². The number of nitrogens with zero attached hydrogens (tertiary/aromatic N) is 2. The first-order valence-electron chi connectivity index (χ1n) is 7.37. The Balaban J connectivity index is 2.00. The molecule has 1 atom stereocenters. The van der Waals surface area contributed by atoms with Crippen LogP contribution in [0.2, 0.25) is 0 Å². The summed E-state index contributed by atoms with van der Waals surface area (Å²) in [7, 11) is 0. The molecule has 2 aromatic rings. The van der Waals surface area contributed by atoms with Crippen LogP contribution in [-0.4, -0.2) is 22.7 Å². The first-order valence-corrected chi connectivity index (χ1v) is 7.37. The van der Waals surface area contributed by atoms with Crippen LogP contribution >= 0.6 is 0 Å². The first-order chi connectivity index (χ1) is 10.1. The van der Waals surface area contributed by atoms with Gasteiger partial charge in [0.15, 0.2) is 5.82 Å². The molecule has 0 radical (unpaired) electrons. The van der Waals surface area contributed by atoms with Crippen molar-refractivity contribution in [1.29, 1.82) is 0 Å². The third kappa shape index (κ3) is 4.63. The van der Waals surface area contributed by atoms with Crippen molar-refractivity contribution < 1.29 is 8.91 Å². The van der Waals surface area contributed by atoms with Gasteiger partial charge in [-0.2, -0.15) is 4.98 Å². The monoisotopic (exact) mass is 291 g/mol. The highest BCUT2D eigenvalue weighted by atomic mass is 19.1. The van der Waals surface area contributed by atoms with Gasteiger partial charge in [-0.05, 0) is 30.2 Å². The molecule has 1 heterocycles. The van der Waals surface area contributed by atoms with Gasteiger partial charge in [-0.3, -0.25) is 0 Å². The molecule has 1 aromatic carbocycles. The molecular formula is C16H22FN3O. The minimum Gasteiger partial charge on any atom is -0.339 e. The molecule has 0 aliphatic rings. The smallest absolute Gasteiger partial charge is 0.228 e. The number of benzene rings is 1. The predicted molar refractivity (Wildman–Crippen MR) is 79.5 cm³/mol. The van der Waals surface area contributed by atoms with E-state index in [1.807, 2.05) is 6.07 Å². The molecule has 21 heavy (non-hydrogen) atoms. The second-order valence-electron chi connectivity index (χ2n) is 5.52. The molecule has 2 rings (SSSR count). The Hall–Kier alpha value is -1.75. The van der Waals surface area contributed by atoms with E-state index in [1.165, 1.54) is 12.1 Å². The standard InChI is InChI=1S/C16H22FN3O/c1-4-18-14(11(2)3)10-16-19-15(20-21-16)9-12-6-5-7-13(17)8-12/h5-8,11,14,18H,4,9-10H2,1-3H3. The van der Waals surface area contributed by atoms with Crippen molar-refractivity contribution in [3.8, 4) is 0 Å². The summed E-state index contributed by atoms with van der Waals surface area (Å²) in [5.41, 5.74) is 0.842. The van der Waals surface area contributed by atoms with E-state index in [2.05, 4.69) is 36.2 Å². The number of hydrogen-bond acceptors (Lipinski definition) is 4. The van der Waals surface area contributed by atoms with Crippen LogP contribution in [0.25, 0.3) is 0 Å². The maximum absolute atomic E-state index is 13.1. The number of rotatable bonds is 7. The van der Waals surface area contributed by atoms with Gasteiger partial charge in [0, 0.05) is 18.9 Å². The van der Waals surface area contributed by atoms with Gasteiger partial charge in [0.1, 0.15) is 5.82 Å². The number of likely N-dealkylation sites (N-methyl/N-ethyl adjacent to an activating group) is 1. The summed E-state index contributed by atoms with van der Waals surface area (Å²) >= 11 is 0. The summed E-state index contributed by atoms with van der Waals surface area (Å²) in [4.78, 5) is 4.40. The summed E-state index contributed by atoms with van der Waals surface area (Å²) in [6, 6.07) is 6.78. The van der Waals surface area contributed by atoms with Gasteiger partial charge in [0.25, 0.3) is 0 Å². The zero-order valence-electron chi connectivity index (χ0n) is 12.8. The summed E-state index contributed by atoms with van der Waals surface area (Å²) in [6.07, 6.45) is 1.19. The summed E-state index contributed by atoms with van der Waals surface area (Å²) < 4.78 is 18.4. The lowest BCUT2D eigenvalue weighted by Gasteiger charge is -2.19. The molecule has 0 aliphatic carbocycles. The minimum absolute atomic E-state index is 0.247. The molecule has 0 bridgehead atoms. The number of aromatic nitrogens is 2. The summed E-state index contributed by atoms with van der Waals surface area (Å²) in [5, 5.41) is 7.40. The topological polar surface area (TPSA) is 51.0 Å². The van der Waals surface area contributed by atoms with E-state index in [0.717, 1.165) is 12.1 Å². The van der Waals surface area contributed by atoms with Crippen LogP contribution in [0.1, 0.15) is 38.0 Å². The predicted octanol–water partition coefficient (Wildman–Crippen LogP) is 2.98. The van der Waals surface area contributed by atoms with Gasteiger partial charge in [0.05, 0.1) is 0 Å². The Morgan fingerprint density at radius 3 is 2.81 bits per heavy atom. The van der Waals surface area contributed by atoms with E-state index in [4.69, 9.17) is 4.52 Å². The molecule has 1 N–H and O–H groups in total. The van der Waals surface area contributed by atoms with Gasteiger partial charge in [-0.15, -0.1) is 0 Å². The van der Waals surface area contributed by atoms with Gasteiger partial charge < -0.3 is 9.84 Å². The molecule has 0 saturated carbocycles. The first kappa shape index (κ1) is 15.6. The number of halogens is 1. The Morgan fingerprint density at radius 2 is 2.14 bits per heavy atom. The second-order valence-corrected chi connectivity index (χ2v) is 5.52. The molecule has 4 nitrogen and oxygen atoms in total. The normalized spacial score (nSPS) is 12.8. The molecule has 1 aromatic heterocycles. The van der Waals surface area contributed by atoms with Crippen molar-refractivity contribution in [3.05, 3.63) is 47.4 Å². The van der Waals surface area contributed by atoms with E-state index in [9.17, 15) is 4.39 Å².